The summed E-state index contributed by atoms with van der Waals surface area (Å²) >= 11 is 0. The number of likely N-dealkylation sites (N-methyl/N-ethyl adjacent to an activating group) is 1. The molecule has 3 aliphatic carbocycles. The zero-order valence-electron chi connectivity index (χ0n) is 22.9. The summed E-state index contributed by atoms with van der Waals surface area (Å²) in [5.41, 5.74) is 0. The van der Waals surface area contributed by atoms with Gasteiger partial charge < -0.3 is 15.0 Å². The fourth-order valence-corrected chi connectivity index (χ4v) is 7.84. The molecular formula is C29H53N3O3. The van der Waals surface area contributed by atoms with Crippen molar-refractivity contribution in [2.24, 2.45) is 29.6 Å². The molecule has 0 spiro atoms. The van der Waals surface area contributed by atoms with Gasteiger partial charge in [0.15, 0.2) is 0 Å². The van der Waals surface area contributed by atoms with Crippen LogP contribution in [0, 0.1) is 29.6 Å². The predicted octanol–water partition coefficient (Wildman–Crippen LogP) is 4.88. The molecule has 4 atom stereocenters. The molecule has 0 aromatic rings. The minimum absolute atomic E-state index is 0.195. The number of carbonyl (C=O) groups excluding carboxylic acids is 1. The molecule has 4 aliphatic rings. The molecule has 1 heterocycles. The molecule has 1 N–H and O–H groups in total. The Kier molecular flexibility index (Phi) is 10.7. The average Bonchev–Trinajstić information content (AvgIpc) is 3.37. The van der Waals surface area contributed by atoms with Gasteiger partial charge in [0, 0.05) is 44.6 Å². The highest BCUT2D eigenvalue weighted by Crippen LogP contribution is 2.43. The molecule has 0 radical (unpaired) electrons. The average molecular weight is 492 g/mol. The highest BCUT2D eigenvalue weighted by atomic mass is 16.7. The van der Waals surface area contributed by atoms with Crippen LogP contribution < -0.4 is 5.32 Å². The van der Waals surface area contributed by atoms with Crippen LogP contribution in [0.5, 0.6) is 0 Å². The Balaban J connectivity index is 1.26. The van der Waals surface area contributed by atoms with Gasteiger partial charge in [-0.3, -0.25) is 9.63 Å². The van der Waals surface area contributed by atoms with Crippen molar-refractivity contribution >= 4 is 5.91 Å². The molecule has 0 aromatic carbocycles. The van der Waals surface area contributed by atoms with E-state index in [1.54, 1.807) is 0 Å². The molecule has 0 bridgehead atoms. The van der Waals surface area contributed by atoms with Crippen molar-refractivity contribution in [3.63, 3.8) is 0 Å². The lowest BCUT2D eigenvalue weighted by atomic mass is 9.67. The van der Waals surface area contributed by atoms with E-state index in [0.29, 0.717) is 35.8 Å². The van der Waals surface area contributed by atoms with Gasteiger partial charge in [-0.05, 0) is 83.2 Å². The van der Waals surface area contributed by atoms with Crippen LogP contribution in [0.15, 0.2) is 0 Å². The zero-order chi connectivity index (χ0) is 24.6. The van der Waals surface area contributed by atoms with E-state index in [0.717, 1.165) is 57.8 Å². The fraction of sp³-hybridized carbons (Fsp3) is 0.966. The van der Waals surface area contributed by atoms with Gasteiger partial charge in [0.25, 0.3) is 0 Å². The second kappa shape index (κ2) is 13.7. The quantitative estimate of drug-likeness (QED) is 0.472. The predicted molar refractivity (Wildman–Crippen MR) is 141 cm³/mol. The number of nitrogens with zero attached hydrogens (tertiary/aromatic N) is 2. The van der Waals surface area contributed by atoms with Gasteiger partial charge in [0.2, 0.25) is 5.91 Å². The van der Waals surface area contributed by atoms with Crippen molar-refractivity contribution < 1.29 is 14.4 Å². The highest BCUT2D eigenvalue weighted by molar-refractivity contribution is 5.79. The molecule has 6 nitrogen and oxygen atoms in total. The van der Waals surface area contributed by atoms with Crippen LogP contribution in [0.3, 0.4) is 0 Å². The van der Waals surface area contributed by atoms with E-state index >= 15 is 0 Å². The normalized spacial score (nSPS) is 34.2. The second-order valence-electron chi connectivity index (χ2n) is 12.4. The first-order valence-electron chi connectivity index (χ1n) is 14.9. The van der Waals surface area contributed by atoms with Crippen LogP contribution in [0.2, 0.25) is 0 Å². The Morgan fingerprint density at radius 3 is 2.43 bits per heavy atom. The van der Waals surface area contributed by atoms with Crippen molar-refractivity contribution in [3.05, 3.63) is 0 Å². The van der Waals surface area contributed by atoms with Gasteiger partial charge in [-0.2, -0.15) is 5.06 Å². The molecule has 4 unspecified atom stereocenters. The first-order chi connectivity index (χ1) is 17.0. The van der Waals surface area contributed by atoms with Crippen LogP contribution in [-0.2, 0) is 14.4 Å². The number of methoxy groups -OCH3 is 1. The van der Waals surface area contributed by atoms with Crippen LogP contribution in [0.25, 0.3) is 0 Å². The van der Waals surface area contributed by atoms with E-state index in [1.807, 2.05) is 7.11 Å². The molecule has 6 heteroatoms. The minimum Gasteiger partial charge on any atom is -0.381 e. The minimum atomic E-state index is 0.195. The standard InChI is InChI=1S/C29H53N3O3/c1-31(2)21-26(19-22-9-5-4-6-10-22)30-29(33)24-15-13-23(14-16-24)27-12-7-11-25(28(27)34-3)20-32-17-8-18-35-32/h22-28H,4-21H2,1-3H3,(H,30,33). The number of nitrogens with one attached hydrogen (secondary N) is 1. The molecule has 1 saturated heterocycles. The van der Waals surface area contributed by atoms with Crippen LogP contribution in [0.1, 0.15) is 89.9 Å². The first kappa shape index (κ1) is 27.3. The van der Waals surface area contributed by atoms with Crippen molar-refractivity contribution in [1.82, 2.24) is 15.3 Å². The first-order valence-corrected chi connectivity index (χ1v) is 14.9. The van der Waals surface area contributed by atoms with E-state index < -0.39 is 0 Å². The van der Waals surface area contributed by atoms with Crippen molar-refractivity contribution in [2.45, 2.75) is 102 Å². The SMILES string of the molecule is COC1C(CN2CCCO2)CCCC1C1CCC(C(=O)NC(CC2CCCCC2)CN(C)C)CC1. The molecule has 0 aromatic heterocycles. The Hall–Kier alpha value is -0.690. The molecule has 1 amide bonds. The smallest absolute Gasteiger partial charge is 0.223 e. The van der Waals surface area contributed by atoms with Gasteiger partial charge >= 0.3 is 0 Å². The van der Waals surface area contributed by atoms with Gasteiger partial charge in [-0.1, -0.05) is 38.5 Å². The van der Waals surface area contributed by atoms with E-state index in [2.05, 4.69) is 29.4 Å². The monoisotopic (exact) mass is 491 g/mol. The Morgan fingerprint density at radius 1 is 1.00 bits per heavy atom. The topological polar surface area (TPSA) is 54.0 Å². The number of ether oxygens (including phenoxy) is 1. The number of carbonyl (C=O) groups is 1. The number of hydroxylamine groups is 2. The maximum Gasteiger partial charge on any atom is 0.223 e. The Labute approximate surface area is 214 Å². The number of hydrogen-bond acceptors (Lipinski definition) is 5. The summed E-state index contributed by atoms with van der Waals surface area (Å²) in [6.07, 6.45) is 17.7. The van der Waals surface area contributed by atoms with Crippen LogP contribution in [0.4, 0.5) is 0 Å². The summed E-state index contributed by atoms with van der Waals surface area (Å²) < 4.78 is 6.15. The largest absolute Gasteiger partial charge is 0.381 e. The maximum atomic E-state index is 13.3. The lowest BCUT2D eigenvalue weighted by Crippen LogP contribution is -2.47. The van der Waals surface area contributed by atoms with Gasteiger partial charge in [0.05, 0.1) is 12.7 Å². The fourth-order valence-electron chi connectivity index (χ4n) is 7.84. The molecular weight excluding hydrogens is 438 g/mol. The van der Waals surface area contributed by atoms with Crippen LogP contribution >= 0.6 is 0 Å². The lowest BCUT2D eigenvalue weighted by Gasteiger charge is -2.44. The summed E-state index contributed by atoms with van der Waals surface area (Å²) in [6.45, 7) is 3.90. The number of hydrogen-bond donors (Lipinski definition) is 1. The number of rotatable bonds is 10. The van der Waals surface area contributed by atoms with Crippen LogP contribution in [-0.4, -0.2) is 75.5 Å². The third kappa shape index (κ3) is 7.90. The third-order valence-electron chi connectivity index (χ3n) is 9.56. The zero-order valence-corrected chi connectivity index (χ0v) is 22.9. The van der Waals surface area contributed by atoms with E-state index in [9.17, 15) is 4.79 Å². The molecule has 1 aliphatic heterocycles. The Bertz CT molecular complexity index is 625. The molecule has 202 valence electrons. The van der Waals surface area contributed by atoms with Gasteiger partial charge in [-0.15, -0.1) is 0 Å². The summed E-state index contributed by atoms with van der Waals surface area (Å²) in [5.74, 6) is 3.22. The summed E-state index contributed by atoms with van der Waals surface area (Å²) in [5, 5.41) is 5.68. The molecule has 3 saturated carbocycles. The summed E-state index contributed by atoms with van der Waals surface area (Å²) in [7, 11) is 6.17. The van der Waals surface area contributed by atoms with Gasteiger partial charge in [-0.25, -0.2) is 0 Å². The van der Waals surface area contributed by atoms with Gasteiger partial charge in [0.1, 0.15) is 0 Å². The maximum absolute atomic E-state index is 13.3. The van der Waals surface area contributed by atoms with E-state index in [1.165, 1.54) is 64.2 Å². The molecule has 4 fully saturated rings. The summed E-state index contributed by atoms with van der Waals surface area (Å²) in [6, 6.07) is 0.295. The highest BCUT2D eigenvalue weighted by Gasteiger charge is 2.41. The Morgan fingerprint density at radius 2 is 1.77 bits per heavy atom. The molecule has 4 rings (SSSR count). The second-order valence-corrected chi connectivity index (χ2v) is 12.4. The van der Waals surface area contributed by atoms with E-state index in [4.69, 9.17) is 9.57 Å². The van der Waals surface area contributed by atoms with Crippen molar-refractivity contribution in [2.75, 3.05) is 47.4 Å². The molecule has 35 heavy (non-hydrogen) atoms. The summed E-state index contributed by atoms with van der Waals surface area (Å²) in [4.78, 5) is 21.3. The number of amides is 1. The van der Waals surface area contributed by atoms with Crippen molar-refractivity contribution in [3.8, 4) is 0 Å². The lowest BCUT2D eigenvalue weighted by molar-refractivity contribution is -0.143. The third-order valence-corrected chi connectivity index (χ3v) is 9.56. The van der Waals surface area contributed by atoms with Crippen molar-refractivity contribution in [1.29, 1.82) is 0 Å². The van der Waals surface area contributed by atoms with E-state index in [-0.39, 0.29) is 5.92 Å².